The molecule has 9 heteroatoms. The van der Waals surface area contributed by atoms with Crippen molar-refractivity contribution in [3.63, 3.8) is 0 Å². The first kappa shape index (κ1) is 26.3. The van der Waals surface area contributed by atoms with E-state index in [1.54, 1.807) is 0 Å². The molecular formula is C23H42O7SSi. The molecule has 0 aromatic rings. The number of rotatable bonds is 7. The third-order valence-electron chi connectivity index (χ3n) is 7.84. The van der Waals surface area contributed by atoms with Gasteiger partial charge in [-0.25, -0.2) is 0 Å². The molecule has 0 bridgehead atoms. The molecule has 186 valence electrons. The van der Waals surface area contributed by atoms with E-state index in [1.807, 2.05) is 6.08 Å². The summed E-state index contributed by atoms with van der Waals surface area (Å²) in [5, 5.41) is -0.867. The van der Waals surface area contributed by atoms with Gasteiger partial charge in [0.25, 0.3) is 10.1 Å². The molecule has 1 saturated carbocycles. The summed E-state index contributed by atoms with van der Waals surface area (Å²) >= 11 is 0. The highest BCUT2D eigenvalue weighted by Gasteiger charge is 2.48. The van der Waals surface area contributed by atoms with Crippen molar-refractivity contribution in [3.8, 4) is 0 Å². The highest BCUT2D eigenvalue weighted by Crippen LogP contribution is 2.43. The van der Waals surface area contributed by atoms with Gasteiger partial charge in [0.2, 0.25) is 0 Å². The van der Waals surface area contributed by atoms with Crippen LogP contribution in [0.1, 0.15) is 59.8 Å². The lowest BCUT2D eigenvalue weighted by molar-refractivity contribution is -0.197. The maximum atomic E-state index is 11.7. The predicted molar refractivity (Wildman–Crippen MR) is 127 cm³/mol. The predicted octanol–water partition coefficient (Wildman–Crippen LogP) is 4.55. The highest BCUT2D eigenvalue weighted by molar-refractivity contribution is 7.86. The van der Waals surface area contributed by atoms with Crippen molar-refractivity contribution >= 4 is 18.4 Å². The Hall–Kier alpha value is -0.293. The van der Waals surface area contributed by atoms with Crippen LogP contribution in [-0.4, -0.2) is 64.4 Å². The lowest BCUT2D eigenvalue weighted by Gasteiger charge is -2.38. The van der Waals surface area contributed by atoms with Crippen LogP contribution in [-0.2, 0) is 28.8 Å². The molecule has 1 N–H and O–H groups in total. The molecular weight excluding hydrogens is 448 g/mol. The zero-order chi connectivity index (χ0) is 23.7. The Morgan fingerprint density at radius 3 is 2.56 bits per heavy atom. The van der Waals surface area contributed by atoms with E-state index < -0.39 is 29.8 Å². The Labute approximate surface area is 195 Å². The Kier molecular flexibility index (Phi) is 8.33. The van der Waals surface area contributed by atoms with Crippen LogP contribution in [0.3, 0.4) is 0 Å². The van der Waals surface area contributed by atoms with Gasteiger partial charge in [-0.3, -0.25) is 4.55 Å². The van der Waals surface area contributed by atoms with E-state index in [2.05, 4.69) is 39.9 Å². The van der Waals surface area contributed by atoms with Crippen LogP contribution in [0.2, 0.25) is 18.1 Å². The van der Waals surface area contributed by atoms with Gasteiger partial charge in [-0.2, -0.15) is 8.42 Å². The summed E-state index contributed by atoms with van der Waals surface area (Å²) in [7, 11) is -6.12. The van der Waals surface area contributed by atoms with Crippen molar-refractivity contribution in [1.82, 2.24) is 0 Å². The van der Waals surface area contributed by atoms with E-state index >= 15 is 0 Å². The molecule has 7 nitrogen and oxygen atoms in total. The smallest absolute Gasteiger partial charge is 0.270 e. The molecule has 3 aliphatic rings. The maximum Gasteiger partial charge on any atom is 0.270 e. The quantitative estimate of drug-likeness (QED) is 0.318. The molecule has 2 heterocycles. The van der Waals surface area contributed by atoms with Crippen LogP contribution in [0.4, 0.5) is 0 Å². The van der Waals surface area contributed by atoms with Crippen LogP contribution in [0.25, 0.3) is 0 Å². The first-order valence-electron chi connectivity index (χ1n) is 12.0. The van der Waals surface area contributed by atoms with Gasteiger partial charge in [0.05, 0.1) is 18.3 Å². The van der Waals surface area contributed by atoms with E-state index in [0.717, 1.165) is 25.9 Å². The summed E-state index contributed by atoms with van der Waals surface area (Å²) in [5.74, 6) is 0.183. The lowest BCUT2D eigenvalue weighted by Crippen LogP contribution is -2.44. The summed E-state index contributed by atoms with van der Waals surface area (Å²) in [6.07, 6.45) is 7.27. The van der Waals surface area contributed by atoms with Crippen LogP contribution >= 0.6 is 0 Å². The summed E-state index contributed by atoms with van der Waals surface area (Å²) in [4.78, 5) is 0. The van der Waals surface area contributed by atoms with Crippen LogP contribution in [0.5, 0.6) is 0 Å². The van der Waals surface area contributed by atoms with Gasteiger partial charge >= 0.3 is 0 Å². The van der Waals surface area contributed by atoms with Crippen molar-refractivity contribution in [1.29, 1.82) is 0 Å². The SMILES string of the molecule is CC([C@H]1CC=C[C@@H]2[C@@H](CO[Si](C)(C)C(C)(C)C)[C@H](OC3CCCCO3)C[C@@H]2O1)S(=O)(=O)O. The fourth-order valence-electron chi connectivity index (χ4n) is 4.55. The number of ether oxygens (including phenoxy) is 3. The average Bonchev–Trinajstić information content (AvgIpc) is 2.86. The molecule has 0 amide bonds. The first-order chi connectivity index (χ1) is 14.8. The second-order valence-electron chi connectivity index (χ2n) is 11.1. The Bertz CT molecular complexity index is 755. The van der Waals surface area contributed by atoms with Crippen molar-refractivity contribution in [2.75, 3.05) is 13.2 Å². The normalized spacial score (nSPS) is 35.3. The molecule has 0 radical (unpaired) electrons. The van der Waals surface area contributed by atoms with E-state index in [0.29, 0.717) is 19.4 Å². The van der Waals surface area contributed by atoms with Crippen molar-refractivity contribution in [2.45, 2.75) is 108 Å². The lowest BCUT2D eigenvalue weighted by atomic mass is 9.94. The molecule has 2 unspecified atom stereocenters. The van der Waals surface area contributed by atoms with Gasteiger partial charge in [-0.1, -0.05) is 32.9 Å². The number of fused-ring (bicyclic) bond motifs is 1. The van der Waals surface area contributed by atoms with Gasteiger partial charge in [0, 0.05) is 31.5 Å². The molecule has 0 spiro atoms. The first-order valence-corrected chi connectivity index (χ1v) is 16.4. The fourth-order valence-corrected chi connectivity index (χ4v) is 6.15. The monoisotopic (exact) mass is 490 g/mol. The zero-order valence-corrected chi connectivity index (χ0v) is 22.3. The minimum atomic E-state index is -4.17. The molecule has 1 saturated heterocycles. The second kappa shape index (κ2) is 10.1. The van der Waals surface area contributed by atoms with E-state index in [4.69, 9.17) is 18.6 Å². The minimum absolute atomic E-state index is 0.0759. The third kappa shape index (κ3) is 6.23. The van der Waals surface area contributed by atoms with Crippen LogP contribution in [0, 0.1) is 11.8 Å². The highest BCUT2D eigenvalue weighted by atomic mass is 32.2. The minimum Gasteiger partial charge on any atom is -0.416 e. The van der Waals surface area contributed by atoms with Crippen molar-refractivity contribution in [2.24, 2.45) is 11.8 Å². The number of hydrogen-bond donors (Lipinski definition) is 1. The maximum absolute atomic E-state index is 11.7. The topological polar surface area (TPSA) is 91.3 Å². The molecule has 2 fully saturated rings. The van der Waals surface area contributed by atoms with Crippen molar-refractivity contribution in [3.05, 3.63) is 12.2 Å². The zero-order valence-electron chi connectivity index (χ0n) is 20.5. The van der Waals surface area contributed by atoms with Gasteiger partial charge < -0.3 is 18.6 Å². The summed E-state index contributed by atoms with van der Waals surface area (Å²) in [6, 6.07) is 0. The van der Waals surface area contributed by atoms with E-state index in [1.165, 1.54) is 6.92 Å². The molecule has 0 aromatic heterocycles. The van der Waals surface area contributed by atoms with E-state index in [9.17, 15) is 13.0 Å². The van der Waals surface area contributed by atoms with Gasteiger partial charge in [-0.15, -0.1) is 0 Å². The molecule has 3 rings (SSSR count). The van der Waals surface area contributed by atoms with Gasteiger partial charge in [-0.05, 0) is 50.7 Å². The van der Waals surface area contributed by atoms with Crippen LogP contribution < -0.4 is 0 Å². The fraction of sp³-hybridized carbons (Fsp3) is 0.913. The van der Waals surface area contributed by atoms with Crippen molar-refractivity contribution < 1.29 is 31.6 Å². The molecule has 1 aliphatic carbocycles. The van der Waals surface area contributed by atoms with Crippen LogP contribution in [0.15, 0.2) is 12.2 Å². The second-order valence-corrected chi connectivity index (χ2v) is 17.7. The molecule has 2 aliphatic heterocycles. The Morgan fingerprint density at radius 1 is 1.25 bits per heavy atom. The standard InChI is InChI=1S/C23H42O7SSi/c1-16(31(24,25)26)19-11-9-10-17-18(15-28-32(5,6)23(2,3)4)21(14-20(17)29-19)30-22-12-7-8-13-27-22/h9-10,16-22H,7-8,11-15H2,1-6H3,(H,24,25,26)/t16?,17-,18-,19-,20+,21-,22?/m1/s1. The third-order valence-corrected chi connectivity index (χ3v) is 13.6. The molecule has 0 aromatic carbocycles. The summed E-state index contributed by atoms with van der Waals surface area (Å²) in [5.41, 5.74) is 0. The Balaban J connectivity index is 1.77. The molecule has 32 heavy (non-hydrogen) atoms. The van der Waals surface area contributed by atoms with E-state index in [-0.39, 0.29) is 35.4 Å². The summed E-state index contributed by atoms with van der Waals surface area (Å²) < 4.78 is 58.2. The average molecular weight is 491 g/mol. The van der Waals surface area contributed by atoms with Gasteiger partial charge in [0.15, 0.2) is 14.6 Å². The number of hydrogen-bond acceptors (Lipinski definition) is 6. The molecule has 7 atom stereocenters. The summed E-state index contributed by atoms with van der Waals surface area (Å²) in [6.45, 7) is 14.0. The largest absolute Gasteiger partial charge is 0.416 e. The Morgan fingerprint density at radius 2 is 1.97 bits per heavy atom. The van der Waals surface area contributed by atoms with Gasteiger partial charge in [0.1, 0.15) is 5.25 Å².